The van der Waals surface area contributed by atoms with Crippen LogP contribution in [0.2, 0.25) is 0 Å². The van der Waals surface area contributed by atoms with Gasteiger partial charge in [-0.05, 0) is 18.3 Å². The minimum atomic E-state index is 0.296. The van der Waals surface area contributed by atoms with Crippen LogP contribution in [0, 0.1) is 11.8 Å². The molecule has 0 amide bonds. The highest BCUT2D eigenvalue weighted by Crippen LogP contribution is 2.24. The lowest BCUT2D eigenvalue weighted by Crippen LogP contribution is -2.39. The van der Waals surface area contributed by atoms with Crippen molar-refractivity contribution in [1.82, 2.24) is 9.97 Å². The van der Waals surface area contributed by atoms with Crippen LogP contribution in [-0.2, 0) is 0 Å². The molecular formula is C12H18N4S. The van der Waals surface area contributed by atoms with Crippen molar-refractivity contribution in [3.63, 3.8) is 0 Å². The van der Waals surface area contributed by atoms with Gasteiger partial charge in [-0.2, -0.15) is 0 Å². The molecule has 92 valence electrons. The van der Waals surface area contributed by atoms with E-state index in [0.29, 0.717) is 22.5 Å². The van der Waals surface area contributed by atoms with E-state index in [1.807, 2.05) is 0 Å². The fraction of sp³-hybridized carbons (Fsp3) is 0.583. The van der Waals surface area contributed by atoms with E-state index in [4.69, 9.17) is 18.0 Å². The highest BCUT2D eigenvalue weighted by atomic mass is 32.1. The molecule has 1 aliphatic rings. The summed E-state index contributed by atoms with van der Waals surface area (Å²) in [5, 5.41) is 0. The molecule has 1 saturated heterocycles. The third-order valence-corrected chi connectivity index (χ3v) is 3.29. The third-order valence-electron chi connectivity index (χ3n) is 3.08. The smallest absolute Gasteiger partial charge is 0.147 e. The van der Waals surface area contributed by atoms with Crippen LogP contribution in [0.4, 0.5) is 5.82 Å². The standard InChI is InChI=1S/C12H18N4S/c1-8-3-9(2)7-16(6-8)11-5-14-10(4-15-11)12(13)17/h4-5,8-9H,3,6-7H2,1-2H3,(H2,13,17). The molecule has 1 aromatic rings. The molecule has 2 rings (SSSR count). The minimum absolute atomic E-state index is 0.296. The van der Waals surface area contributed by atoms with Crippen LogP contribution in [0.25, 0.3) is 0 Å². The van der Waals surface area contributed by atoms with Crippen LogP contribution in [0.15, 0.2) is 12.4 Å². The van der Waals surface area contributed by atoms with Gasteiger partial charge in [0, 0.05) is 13.1 Å². The van der Waals surface area contributed by atoms with Crippen molar-refractivity contribution >= 4 is 23.0 Å². The molecule has 2 atom stereocenters. The summed E-state index contributed by atoms with van der Waals surface area (Å²) < 4.78 is 0. The molecule has 5 heteroatoms. The second-order valence-electron chi connectivity index (χ2n) is 4.98. The molecule has 0 bridgehead atoms. The van der Waals surface area contributed by atoms with Gasteiger partial charge in [0.05, 0.1) is 12.4 Å². The molecule has 1 aliphatic heterocycles. The quantitative estimate of drug-likeness (QED) is 0.808. The number of aromatic nitrogens is 2. The van der Waals surface area contributed by atoms with Crippen LogP contribution >= 0.6 is 12.2 Å². The topological polar surface area (TPSA) is 55.0 Å². The van der Waals surface area contributed by atoms with Gasteiger partial charge in [-0.1, -0.05) is 26.1 Å². The first-order valence-electron chi connectivity index (χ1n) is 5.93. The number of thiocarbonyl (C=S) groups is 1. The molecule has 1 fully saturated rings. The summed E-state index contributed by atoms with van der Waals surface area (Å²) in [6.07, 6.45) is 4.70. The number of hydrogen-bond donors (Lipinski definition) is 1. The molecule has 2 heterocycles. The predicted octanol–water partition coefficient (Wildman–Crippen LogP) is 1.59. The van der Waals surface area contributed by atoms with Gasteiger partial charge in [-0.25, -0.2) is 9.97 Å². The van der Waals surface area contributed by atoms with Crippen molar-refractivity contribution in [1.29, 1.82) is 0 Å². The van der Waals surface area contributed by atoms with Gasteiger partial charge in [0.15, 0.2) is 0 Å². The molecule has 17 heavy (non-hydrogen) atoms. The van der Waals surface area contributed by atoms with Crippen LogP contribution < -0.4 is 10.6 Å². The van der Waals surface area contributed by atoms with Gasteiger partial charge in [0.1, 0.15) is 16.5 Å². The molecule has 2 N–H and O–H groups in total. The zero-order valence-electron chi connectivity index (χ0n) is 10.3. The Morgan fingerprint density at radius 1 is 1.29 bits per heavy atom. The van der Waals surface area contributed by atoms with E-state index in [1.54, 1.807) is 12.4 Å². The van der Waals surface area contributed by atoms with Gasteiger partial charge < -0.3 is 10.6 Å². The van der Waals surface area contributed by atoms with E-state index in [-0.39, 0.29) is 0 Å². The monoisotopic (exact) mass is 250 g/mol. The average Bonchev–Trinajstić information content (AvgIpc) is 2.28. The van der Waals surface area contributed by atoms with Crippen LogP contribution in [0.5, 0.6) is 0 Å². The Labute approximate surface area is 107 Å². The fourth-order valence-electron chi connectivity index (χ4n) is 2.46. The first-order chi connectivity index (χ1) is 8.06. The lowest BCUT2D eigenvalue weighted by molar-refractivity contribution is 0.355. The zero-order chi connectivity index (χ0) is 12.4. The Morgan fingerprint density at radius 3 is 2.41 bits per heavy atom. The third kappa shape index (κ3) is 2.91. The van der Waals surface area contributed by atoms with Gasteiger partial charge >= 0.3 is 0 Å². The Morgan fingerprint density at radius 2 is 1.94 bits per heavy atom. The molecule has 0 aliphatic carbocycles. The summed E-state index contributed by atoms with van der Waals surface area (Å²) in [4.78, 5) is 11.2. The van der Waals surface area contributed by atoms with Gasteiger partial charge in [0.25, 0.3) is 0 Å². The van der Waals surface area contributed by atoms with Crippen LogP contribution in [0.3, 0.4) is 0 Å². The first kappa shape index (κ1) is 12.2. The van der Waals surface area contributed by atoms with Crippen molar-refractivity contribution in [3.8, 4) is 0 Å². The molecule has 0 saturated carbocycles. The van der Waals surface area contributed by atoms with Gasteiger partial charge in [-0.15, -0.1) is 0 Å². The Hall–Kier alpha value is -1.23. The highest BCUT2D eigenvalue weighted by Gasteiger charge is 2.22. The second kappa shape index (κ2) is 4.96. The average molecular weight is 250 g/mol. The minimum Gasteiger partial charge on any atom is -0.388 e. The lowest BCUT2D eigenvalue weighted by Gasteiger charge is -2.35. The largest absolute Gasteiger partial charge is 0.388 e. The Balaban J connectivity index is 2.14. The first-order valence-corrected chi connectivity index (χ1v) is 6.34. The van der Waals surface area contributed by atoms with Crippen molar-refractivity contribution in [3.05, 3.63) is 18.1 Å². The summed E-state index contributed by atoms with van der Waals surface area (Å²) in [6, 6.07) is 0. The molecule has 0 spiro atoms. The maximum absolute atomic E-state index is 5.50. The Kier molecular flexibility index (Phi) is 3.57. The molecular weight excluding hydrogens is 232 g/mol. The SMILES string of the molecule is CC1CC(C)CN(c2cnc(C(N)=S)cn2)C1. The summed E-state index contributed by atoms with van der Waals surface area (Å²) >= 11 is 4.86. The molecule has 0 aromatic carbocycles. The number of piperidine rings is 1. The number of anilines is 1. The predicted molar refractivity (Wildman–Crippen MR) is 73.1 cm³/mol. The van der Waals surface area contributed by atoms with Crippen LogP contribution in [-0.4, -0.2) is 28.0 Å². The van der Waals surface area contributed by atoms with Gasteiger partial charge in [-0.3, -0.25) is 0 Å². The number of rotatable bonds is 2. The summed E-state index contributed by atoms with van der Waals surface area (Å²) in [5.41, 5.74) is 6.09. The molecule has 2 unspecified atom stereocenters. The second-order valence-corrected chi connectivity index (χ2v) is 5.41. The maximum Gasteiger partial charge on any atom is 0.147 e. The van der Waals surface area contributed by atoms with Crippen LogP contribution in [0.1, 0.15) is 26.0 Å². The van der Waals surface area contributed by atoms with Crippen molar-refractivity contribution < 1.29 is 0 Å². The van der Waals surface area contributed by atoms with E-state index < -0.39 is 0 Å². The van der Waals surface area contributed by atoms with Crippen molar-refractivity contribution in [2.45, 2.75) is 20.3 Å². The van der Waals surface area contributed by atoms with E-state index in [1.165, 1.54) is 6.42 Å². The van der Waals surface area contributed by atoms with E-state index in [2.05, 4.69) is 28.7 Å². The van der Waals surface area contributed by atoms with Gasteiger partial charge in [0.2, 0.25) is 0 Å². The normalized spacial score (nSPS) is 24.7. The molecule has 0 radical (unpaired) electrons. The number of hydrogen-bond acceptors (Lipinski definition) is 4. The summed E-state index contributed by atoms with van der Waals surface area (Å²) in [6.45, 7) is 6.65. The zero-order valence-corrected chi connectivity index (χ0v) is 11.1. The fourth-order valence-corrected chi connectivity index (χ4v) is 2.57. The van der Waals surface area contributed by atoms with Crippen molar-refractivity contribution in [2.24, 2.45) is 17.6 Å². The van der Waals surface area contributed by atoms with Crippen molar-refractivity contribution in [2.75, 3.05) is 18.0 Å². The maximum atomic E-state index is 5.50. The highest BCUT2D eigenvalue weighted by molar-refractivity contribution is 7.80. The lowest BCUT2D eigenvalue weighted by atomic mass is 9.92. The number of nitrogens with two attached hydrogens (primary N) is 1. The summed E-state index contributed by atoms with van der Waals surface area (Å²) in [5.74, 6) is 2.33. The summed E-state index contributed by atoms with van der Waals surface area (Å²) in [7, 11) is 0. The van der Waals surface area contributed by atoms with E-state index >= 15 is 0 Å². The molecule has 4 nitrogen and oxygen atoms in total. The number of nitrogens with zero attached hydrogens (tertiary/aromatic N) is 3. The Bertz CT molecular complexity index is 393. The molecule has 1 aromatic heterocycles. The van der Waals surface area contributed by atoms with E-state index in [0.717, 1.165) is 18.9 Å². The van der Waals surface area contributed by atoms with E-state index in [9.17, 15) is 0 Å².